The molecule has 2 heteroatoms. The maximum absolute atomic E-state index is 10.6. The maximum Gasteiger partial charge on any atom is 0.155 e. The molecule has 0 aliphatic heterocycles. The molecule has 0 N–H and O–H groups in total. The summed E-state index contributed by atoms with van der Waals surface area (Å²) in [5.41, 5.74) is 0. The molecule has 10 heavy (non-hydrogen) atoms. The third-order valence-corrected chi connectivity index (χ3v) is 1.10. The van der Waals surface area contributed by atoms with E-state index in [1.807, 2.05) is 6.92 Å². The lowest BCUT2D eigenvalue weighted by Crippen LogP contribution is -1.86. The zero-order valence-electron chi connectivity index (χ0n) is 6.17. The van der Waals surface area contributed by atoms with Crippen LogP contribution in [0.25, 0.3) is 0 Å². The lowest BCUT2D eigenvalue weighted by atomic mass is 10.2. The van der Waals surface area contributed by atoms with Crippen molar-refractivity contribution in [1.29, 1.82) is 0 Å². The Balaban J connectivity index is 3.35. The van der Waals surface area contributed by atoms with E-state index in [4.69, 9.17) is 0 Å². The van der Waals surface area contributed by atoms with E-state index < -0.39 is 0 Å². The van der Waals surface area contributed by atoms with E-state index in [1.165, 1.54) is 6.08 Å². The van der Waals surface area contributed by atoms with Crippen LogP contribution >= 0.6 is 0 Å². The van der Waals surface area contributed by atoms with E-state index in [1.54, 1.807) is 6.08 Å². The van der Waals surface area contributed by atoms with Gasteiger partial charge in [0.25, 0.3) is 0 Å². The minimum Gasteiger partial charge on any atom is -0.303 e. The van der Waals surface area contributed by atoms with Gasteiger partial charge in [-0.3, -0.25) is 4.79 Å². The van der Waals surface area contributed by atoms with Crippen molar-refractivity contribution in [2.24, 2.45) is 0 Å². The second-order valence-corrected chi connectivity index (χ2v) is 1.97. The first-order chi connectivity index (χ1) is 4.81. The fourth-order valence-corrected chi connectivity index (χ4v) is 0.497. The Kier molecular flexibility index (Phi) is 5.63. The Morgan fingerprint density at radius 2 is 2.10 bits per heavy atom. The van der Waals surface area contributed by atoms with E-state index in [-0.39, 0.29) is 5.78 Å². The monoisotopic (exact) mass is 140 g/mol. The summed E-state index contributed by atoms with van der Waals surface area (Å²) in [7, 11) is 0. The molecule has 0 saturated carbocycles. The van der Waals surface area contributed by atoms with Crippen molar-refractivity contribution < 1.29 is 9.59 Å². The Morgan fingerprint density at radius 3 is 2.60 bits per heavy atom. The number of hydrogen-bond acceptors (Lipinski definition) is 2. The van der Waals surface area contributed by atoms with Gasteiger partial charge in [0.05, 0.1) is 0 Å². The van der Waals surface area contributed by atoms with Crippen LogP contribution in [-0.2, 0) is 9.59 Å². The summed E-state index contributed by atoms with van der Waals surface area (Å²) in [5.74, 6) is 0.117. The van der Waals surface area contributed by atoms with Gasteiger partial charge in [0.15, 0.2) is 5.78 Å². The normalized spacial score (nSPS) is 10.1. The summed E-state index contributed by atoms with van der Waals surface area (Å²) in [6.45, 7) is 1.81. The average Bonchev–Trinajstić information content (AvgIpc) is 1.98. The minimum atomic E-state index is 0.117. The molecule has 0 saturated heterocycles. The molecule has 0 heterocycles. The highest BCUT2D eigenvalue weighted by atomic mass is 16.1. The van der Waals surface area contributed by atoms with Crippen LogP contribution in [0, 0.1) is 0 Å². The molecule has 2 nitrogen and oxygen atoms in total. The Labute approximate surface area is 60.9 Å². The second kappa shape index (κ2) is 6.20. The Hall–Kier alpha value is -0.920. The molecular formula is C8H12O2. The van der Waals surface area contributed by atoms with Crippen LogP contribution in [0.15, 0.2) is 12.2 Å². The number of rotatable bonds is 5. The van der Waals surface area contributed by atoms with Crippen LogP contribution < -0.4 is 0 Å². The van der Waals surface area contributed by atoms with Crippen LogP contribution in [0.5, 0.6) is 0 Å². The van der Waals surface area contributed by atoms with Gasteiger partial charge in [0.2, 0.25) is 0 Å². The predicted molar refractivity (Wildman–Crippen MR) is 39.7 cm³/mol. The molecular weight excluding hydrogens is 128 g/mol. The number of unbranched alkanes of at least 4 members (excludes halogenated alkanes) is 1. The Morgan fingerprint density at radius 1 is 1.40 bits per heavy atom. The number of hydrogen-bond donors (Lipinski definition) is 0. The van der Waals surface area contributed by atoms with E-state index in [0.717, 1.165) is 6.29 Å². The van der Waals surface area contributed by atoms with E-state index in [0.29, 0.717) is 19.3 Å². The molecule has 0 radical (unpaired) electrons. The van der Waals surface area contributed by atoms with Crippen LogP contribution in [0.1, 0.15) is 26.2 Å². The molecule has 0 amide bonds. The fourth-order valence-electron chi connectivity index (χ4n) is 0.497. The van der Waals surface area contributed by atoms with E-state index >= 15 is 0 Å². The molecule has 0 fully saturated rings. The highest BCUT2D eigenvalue weighted by molar-refractivity contribution is 5.89. The number of carbonyl (C=O) groups is 2. The van der Waals surface area contributed by atoms with Crippen molar-refractivity contribution in [3.63, 3.8) is 0 Å². The van der Waals surface area contributed by atoms with Crippen molar-refractivity contribution >= 4 is 12.1 Å². The lowest BCUT2D eigenvalue weighted by molar-refractivity contribution is -0.114. The van der Waals surface area contributed by atoms with Crippen molar-refractivity contribution in [2.75, 3.05) is 0 Å². The summed E-state index contributed by atoms with van der Waals surface area (Å²) >= 11 is 0. The summed E-state index contributed by atoms with van der Waals surface area (Å²) < 4.78 is 0. The van der Waals surface area contributed by atoms with Gasteiger partial charge in [-0.2, -0.15) is 0 Å². The first-order valence-corrected chi connectivity index (χ1v) is 3.44. The van der Waals surface area contributed by atoms with E-state index in [9.17, 15) is 9.59 Å². The van der Waals surface area contributed by atoms with Gasteiger partial charge in [-0.15, -0.1) is 0 Å². The average molecular weight is 140 g/mol. The number of allylic oxidation sites excluding steroid dienone is 2. The van der Waals surface area contributed by atoms with Gasteiger partial charge >= 0.3 is 0 Å². The minimum absolute atomic E-state index is 0.117. The molecule has 0 atom stereocenters. The first kappa shape index (κ1) is 9.08. The van der Waals surface area contributed by atoms with Crippen LogP contribution in [0.2, 0.25) is 0 Å². The number of carbonyl (C=O) groups excluding carboxylic acids is 2. The summed E-state index contributed by atoms with van der Waals surface area (Å²) in [4.78, 5) is 20.4. The van der Waals surface area contributed by atoms with Gasteiger partial charge < -0.3 is 4.79 Å². The maximum atomic E-state index is 10.6. The second-order valence-electron chi connectivity index (χ2n) is 1.97. The van der Waals surface area contributed by atoms with Gasteiger partial charge in [0.1, 0.15) is 6.29 Å². The van der Waals surface area contributed by atoms with Crippen LogP contribution in [0.4, 0.5) is 0 Å². The topological polar surface area (TPSA) is 34.1 Å². The first-order valence-electron chi connectivity index (χ1n) is 3.44. The van der Waals surface area contributed by atoms with Gasteiger partial charge in [-0.25, -0.2) is 0 Å². The molecule has 0 aromatic rings. The third kappa shape index (κ3) is 5.22. The molecule has 0 aliphatic rings. The molecule has 0 aromatic carbocycles. The van der Waals surface area contributed by atoms with Crippen LogP contribution in [-0.4, -0.2) is 12.1 Å². The zero-order chi connectivity index (χ0) is 7.82. The van der Waals surface area contributed by atoms with Gasteiger partial charge in [-0.1, -0.05) is 13.0 Å². The quantitative estimate of drug-likeness (QED) is 0.329. The summed E-state index contributed by atoms with van der Waals surface area (Å²) in [5, 5.41) is 0. The van der Waals surface area contributed by atoms with Crippen molar-refractivity contribution in [2.45, 2.75) is 26.2 Å². The smallest absolute Gasteiger partial charge is 0.155 e. The molecule has 0 aliphatic carbocycles. The van der Waals surface area contributed by atoms with Crippen LogP contribution in [0.3, 0.4) is 0 Å². The molecule has 0 aromatic heterocycles. The highest BCUT2D eigenvalue weighted by Gasteiger charge is 1.87. The number of ketones is 1. The summed E-state index contributed by atoms with van der Waals surface area (Å²) in [6.07, 6.45) is 5.84. The molecule has 0 spiro atoms. The van der Waals surface area contributed by atoms with E-state index in [2.05, 4.69) is 0 Å². The number of aldehydes is 1. The zero-order valence-corrected chi connectivity index (χ0v) is 6.17. The van der Waals surface area contributed by atoms with Gasteiger partial charge in [0, 0.05) is 12.8 Å². The third-order valence-electron chi connectivity index (χ3n) is 1.10. The largest absolute Gasteiger partial charge is 0.303 e. The Bertz CT molecular complexity index is 136. The SMILES string of the molecule is CCC(=O)/C=C/CCC=O. The molecule has 0 bridgehead atoms. The van der Waals surface area contributed by atoms with Crippen molar-refractivity contribution in [3.05, 3.63) is 12.2 Å². The molecule has 0 rings (SSSR count). The fraction of sp³-hybridized carbons (Fsp3) is 0.500. The standard InChI is InChI=1S/C8H12O2/c1-2-8(10)6-4-3-5-7-9/h4,6-7H,2-3,5H2,1H3/b6-4+. The predicted octanol–water partition coefficient (Wildman–Crippen LogP) is 1.50. The van der Waals surface area contributed by atoms with Gasteiger partial charge in [-0.05, 0) is 12.5 Å². The van der Waals surface area contributed by atoms with Crippen molar-refractivity contribution in [1.82, 2.24) is 0 Å². The highest BCUT2D eigenvalue weighted by Crippen LogP contribution is 1.89. The summed E-state index contributed by atoms with van der Waals surface area (Å²) in [6, 6.07) is 0. The van der Waals surface area contributed by atoms with Crippen molar-refractivity contribution in [3.8, 4) is 0 Å². The lowest BCUT2D eigenvalue weighted by Gasteiger charge is -1.83. The molecule has 56 valence electrons. The molecule has 0 unspecified atom stereocenters.